The fraction of sp³-hybridized carbons (Fsp3) is 0.308. The van der Waals surface area contributed by atoms with Gasteiger partial charge in [-0.2, -0.15) is 0 Å². The van der Waals surface area contributed by atoms with Gasteiger partial charge in [-0.1, -0.05) is 18.7 Å². The number of carbonyl (C=O) groups is 1. The average Bonchev–Trinajstić information content (AvgIpc) is 2.84. The predicted molar refractivity (Wildman–Crippen MR) is 79.2 cm³/mol. The molecule has 0 amide bonds. The van der Waals surface area contributed by atoms with Gasteiger partial charge in [0.1, 0.15) is 5.75 Å². The van der Waals surface area contributed by atoms with Crippen LogP contribution in [-0.4, -0.2) is 38.3 Å². The highest BCUT2D eigenvalue weighted by Gasteiger charge is 2.08. The van der Waals surface area contributed by atoms with Crippen molar-refractivity contribution in [3.8, 4) is 5.75 Å². The number of aromatic nitrogens is 3. The van der Waals surface area contributed by atoms with E-state index in [2.05, 4.69) is 10.2 Å². The molecule has 0 saturated carbocycles. The van der Waals surface area contributed by atoms with E-state index >= 15 is 0 Å². The molecule has 2 aromatic rings. The van der Waals surface area contributed by atoms with Crippen molar-refractivity contribution < 1.29 is 14.6 Å². The summed E-state index contributed by atoms with van der Waals surface area (Å²) < 4.78 is 7.00. The highest BCUT2D eigenvalue weighted by Crippen LogP contribution is 2.16. The zero-order chi connectivity index (χ0) is 15.2. The van der Waals surface area contributed by atoms with Crippen LogP contribution in [0.1, 0.15) is 23.1 Å². The standard InChI is InChI=1S/C13H16N4O3S/c1-2-11-15-16-13(17(11)14)21-8-7-20-10-5-3-9(4-6-10)12(18)19/h3-6H,2,7-8,14H2,1H3,(H,18,19). The number of rotatable bonds is 7. The van der Waals surface area contributed by atoms with Crippen LogP contribution in [0.4, 0.5) is 0 Å². The average molecular weight is 308 g/mol. The van der Waals surface area contributed by atoms with Crippen LogP contribution in [0.15, 0.2) is 29.4 Å². The number of nitrogens with two attached hydrogens (primary N) is 1. The first-order valence-electron chi connectivity index (χ1n) is 6.40. The molecule has 1 heterocycles. The number of ether oxygens (including phenoxy) is 1. The summed E-state index contributed by atoms with van der Waals surface area (Å²) in [6.07, 6.45) is 0.733. The van der Waals surface area contributed by atoms with E-state index in [0.717, 1.165) is 12.2 Å². The monoisotopic (exact) mass is 308 g/mol. The summed E-state index contributed by atoms with van der Waals surface area (Å²) in [4.78, 5) is 10.7. The van der Waals surface area contributed by atoms with Gasteiger partial charge < -0.3 is 15.7 Å². The van der Waals surface area contributed by atoms with Gasteiger partial charge in [-0.15, -0.1) is 10.2 Å². The van der Waals surface area contributed by atoms with E-state index < -0.39 is 5.97 Å². The molecular weight excluding hydrogens is 292 g/mol. The van der Waals surface area contributed by atoms with E-state index in [0.29, 0.717) is 23.3 Å². The highest BCUT2D eigenvalue weighted by molar-refractivity contribution is 7.99. The van der Waals surface area contributed by atoms with Gasteiger partial charge in [-0.3, -0.25) is 0 Å². The molecular formula is C13H16N4O3S. The topological polar surface area (TPSA) is 103 Å². The smallest absolute Gasteiger partial charge is 0.335 e. The molecule has 1 aromatic carbocycles. The summed E-state index contributed by atoms with van der Waals surface area (Å²) in [5.74, 6) is 6.91. The van der Waals surface area contributed by atoms with Gasteiger partial charge in [0.25, 0.3) is 0 Å². The van der Waals surface area contributed by atoms with Gasteiger partial charge in [0.05, 0.1) is 12.2 Å². The maximum absolute atomic E-state index is 10.7. The Bertz CT molecular complexity index is 612. The second kappa shape index (κ2) is 6.98. The molecule has 8 heteroatoms. The number of aryl methyl sites for hydroxylation is 1. The molecule has 0 saturated heterocycles. The lowest BCUT2D eigenvalue weighted by Crippen LogP contribution is -2.14. The van der Waals surface area contributed by atoms with Crippen molar-refractivity contribution in [1.82, 2.24) is 14.9 Å². The molecule has 0 unspecified atom stereocenters. The van der Waals surface area contributed by atoms with Crippen molar-refractivity contribution in [1.29, 1.82) is 0 Å². The number of aromatic carboxylic acids is 1. The second-order valence-corrected chi connectivity index (χ2v) is 5.21. The Kier molecular flexibility index (Phi) is 5.04. The van der Waals surface area contributed by atoms with Crippen LogP contribution in [0.25, 0.3) is 0 Å². The molecule has 0 spiro atoms. The van der Waals surface area contributed by atoms with Gasteiger partial charge in [-0.25, -0.2) is 9.47 Å². The summed E-state index contributed by atoms with van der Waals surface area (Å²) in [6.45, 7) is 2.43. The SMILES string of the molecule is CCc1nnc(SCCOc2ccc(C(=O)O)cc2)n1N. The second-order valence-electron chi connectivity index (χ2n) is 4.15. The van der Waals surface area contributed by atoms with Gasteiger partial charge in [-0.05, 0) is 24.3 Å². The van der Waals surface area contributed by atoms with Crippen LogP contribution in [0.5, 0.6) is 5.75 Å². The zero-order valence-electron chi connectivity index (χ0n) is 11.5. The fourth-order valence-electron chi connectivity index (χ4n) is 1.63. The number of thioether (sulfide) groups is 1. The molecule has 112 valence electrons. The molecule has 0 aliphatic rings. The zero-order valence-corrected chi connectivity index (χ0v) is 12.3. The van der Waals surface area contributed by atoms with Gasteiger partial charge >= 0.3 is 5.97 Å². The van der Waals surface area contributed by atoms with Crippen LogP contribution in [0.2, 0.25) is 0 Å². The van der Waals surface area contributed by atoms with Crippen molar-refractivity contribution in [2.75, 3.05) is 18.2 Å². The third-order valence-corrected chi connectivity index (χ3v) is 3.64. The number of hydrogen-bond donors (Lipinski definition) is 2. The van der Waals surface area contributed by atoms with Crippen LogP contribution in [0.3, 0.4) is 0 Å². The lowest BCUT2D eigenvalue weighted by atomic mass is 10.2. The Balaban J connectivity index is 1.79. The maximum atomic E-state index is 10.7. The lowest BCUT2D eigenvalue weighted by Gasteiger charge is -2.06. The number of nitrogen functional groups attached to an aromatic ring is 1. The first-order chi connectivity index (χ1) is 10.1. The van der Waals surface area contributed by atoms with Gasteiger partial charge in [0, 0.05) is 12.2 Å². The van der Waals surface area contributed by atoms with E-state index in [-0.39, 0.29) is 5.56 Å². The number of hydrogen-bond acceptors (Lipinski definition) is 6. The van der Waals surface area contributed by atoms with Crippen molar-refractivity contribution in [2.24, 2.45) is 0 Å². The van der Waals surface area contributed by atoms with E-state index in [1.54, 1.807) is 12.1 Å². The lowest BCUT2D eigenvalue weighted by molar-refractivity contribution is 0.0697. The molecule has 7 nitrogen and oxygen atoms in total. The summed E-state index contributed by atoms with van der Waals surface area (Å²) in [5, 5.41) is 17.4. The van der Waals surface area contributed by atoms with Crippen molar-refractivity contribution in [2.45, 2.75) is 18.5 Å². The van der Waals surface area contributed by atoms with Crippen molar-refractivity contribution in [3.63, 3.8) is 0 Å². The maximum Gasteiger partial charge on any atom is 0.335 e. The first kappa shape index (κ1) is 15.2. The van der Waals surface area contributed by atoms with Crippen LogP contribution < -0.4 is 10.6 Å². The van der Waals surface area contributed by atoms with Crippen LogP contribution in [0, 0.1) is 0 Å². The molecule has 0 bridgehead atoms. The van der Waals surface area contributed by atoms with Crippen molar-refractivity contribution in [3.05, 3.63) is 35.7 Å². The fourth-order valence-corrected chi connectivity index (χ4v) is 2.33. The van der Waals surface area contributed by atoms with Crippen molar-refractivity contribution >= 4 is 17.7 Å². The summed E-state index contributed by atoms with van der Waals surface area (Å²) in [7, 11) is 0. The van der Waals surface area contributed by atoms with E-state index in [1.165, 1.54) is 28.6 Å². The summed E-state index contributed by atoms with van der Waals surface area (Å²) in [6, 6.07) is 6.28. The largest absolute Gasteiger partial charge is 0.493 e. The Hall–Kier alpha value is -2.22. The third kappa shape index (κ3) is 3.88. The van der Waals surface area contributed by atoms with Gasteiger partial charge in [0.2, 0.25) is 5.16 Å². The molecule has 21 heavy (non-hydrogen) atoms. The normalized spacial score (nSPS) is 10.5. The molecule has 0 radical (unpaired) electrons. The molecule has 2 rings (SSSR count). The molecule has 3 N–H and O–H groups in total. The molecule has 0 aliphatic heterocycles. The van der Waals surface area contributed by atoms with Gasteiger partial charge in [0.15, 0.2) is 5.82 Å². The van der Waals surface area contributed by atoms with E-state index in [1.807, 2.05) is 6.92 Å². The minimum atomic E-state index is -0.953. The molecule has 1 aromatic heterocycles. The van der Waals surface area contributed by atoms with E-state index in [4.69, 9.17) is 15.7 Å². The Labute approximate surface area is 126 Å². The number of nitrogens with zero attached hydrogens (tertiary/aromatic N) is 3. The number of carboxylic acid groups (broad SMARTS) is 1. The highest BCUT2D eigenvalue weighted by atomic mass is 32.2. The quantitative estimate of drug-likeness (QED) is 0.453. The third-order valence-electron chi connectivity index (χ3n) is 2.74. The van der Waals surface area contributed by atoms with E-state index in [9.17, 15) is 4.79 Å². The summed E-state index contributed by atoms with van der Waals surface area (Å²) in [5.41, 5.74) is 0.236. The Morgan fingerprint density at radius 2 is 2.10 bits per heavy atom. The van der Waals surface area contributed by atoms with Crippen LogP contribution >= 0.6 is 11.8 Å². The minimum absolute atomic E-state index is 0.236. The minimum Gasteiger partial charge on any atom is -0.493 e. The first-order valence-corrected chi connectivity index (χ1v) is 7.38. The number of benzene rings is 1. The molecule has 0 atom stereocenters. The van der Waals surface area contributed by atoms with Crippen LogP contribution in [-0.2, 0) is 6.42 Å². The number of carboxylic acids is 1. The molecule has 0 aliphatic carbocycles. The Morgan fingerprint density at radius 3 is 2.67 bits per heavy atom. The Morgan fingerprint density at radius 1 is 1.38 bits per heavy atom. The predicted octanol–water partition coefficient (Wildman–Crippen LogP) is 1.42. The summed E-state index contributed by atoms with van der Waals surface area (Å²) >= 11 is 1.46. The molecule has 0 fully saturated rings.